The van der Waals surface area contributed by atoms with Gasteiger partial charge in [-0.1, -0.05) is 17.7 Å². The molecule has 1 aromatic rings. The summed E-state index contributed by atoms with van der Waals surface area (Å²) in [4.78, 5) is 23.3. The summed E-state index contributed by atoms with van der Waals surface area (Å²) in [5.41, 5.74) is 4.25. The fourth-order valence-corrected chi connectivity index (χ4v) is 2.88. The van der Waals surface area contributed by atoms with Crippen LogP contribution in [-0.2, 0) is 9.59 Å². The van der Waals surface area contributed by atoms with Crippen LogP contribution < -0.4 is 10.5 Å². The highest BCUT2D eigenvalue weighted by molar-refractivity contribution is 6.31. The molecule has 0 aliphatic heterocycles. The summed E-state index contributed by atoms with van der Waals surface area (Å²) in [6, 6.07) is 3.35. The molecule has 122 valence electrons. The third kappa shape index (κ3) is 2.88. The van der Waals surface area contributed by atoms with Gasteiger partial charge < -0.3 is 10.5 Å². The van der Waals surface area contributed by atoms with Crippen molar-refractivity contribution in [2.24, 2.45) is 5.73 Å². The predicted octanol–water partition coefficient (Wildman–Crippen LogP) is 3.15. The molecule has 0 heterocycles. The molecule has 1 aliphatic rings. The third-order valence-electron chi connectivity index (χ3n) is 4.04. The van der Waals surface area contributed by atoms with Crippen molar-refractivity contribution in [2.75, 3.05) is 7.11 Å². The Morgan fingerprint density at radius 3 is 2.52 bits per heavy atom. The monoisotopic (exact) mass is 337 g/mol. The zero-order valence-electron chi connectivity index (χ0n) is 13.1. The summed E-state index contributed by atoms with van der Waals surface area (Å²) in [6.45, 7) is 2.88. The Balaban J connectivity index is 2.66. The standard InChI is InChI=1S/C17H17ClFNO3/c1-9-13(18)6-7-14(23-3)15(9)11-4-5-12(16(20)22)17(19,8-11)10(2)21/h4-7H,8H2,1-3H3,(H2,20,22). The van der Waals surface area contributed by atoms with E-state index in [9.17, 15) is 9.59 Å². The van der Waals surface area contributed by atoms with E-state index in [2.05, 4.69) is 0 Å². The number of nitrogens with two attached hydrogens (primary N) is 1. The average Bonchev–Trinajstić information content (AvgIpc) is 2.49. The summed E-state index contributed by atoms with van der Waals surface area (Å²) >= 11 is 6.14. The zero-order chi connectivity index (χ0) is 17.4. The molecule has 1 aliphatic carbocycles. The number of hydrogen-bond donors (Lipinski definition) is 1. The van der Waals surface area contributed by atoms with Gasteiger partial charge in [0.2, 0.25) is 11.6 Å². The number of carbonyl (C=O) groups is 2. The van der Waals surface area contributed by atoms with Crippen LogP contribution in [0.3, 0.4) is 0 Å². The molecule has 4 nitrogen and oxygen atoms in total. The van der Waals surface area contributed by atoms with Crippen molar-refractivity contribution in [3.8, 4) is 5.75 Å². The second-order valence-electron chi connectivity index (χ2n) is 5.42. The lowest BCUT2D eigenvalue weighted by atomic mass is 9.78. The molecular weight excluding hydrogens is 321 g/mol. The van der Waals surface area contributed by atoms with Crippen molar-refractivity contribution < 1.29 is 18.7 Å². The first-order valence-electron chi connectivity index (χ1n) is 6.97. The van der Waals surface area contributed by atoms with Gasteiger partial charge in [-0.05, 0) is 43.2 Å². The number of Topliss-reactive ketones (excluding diaryl/α,β-unsaturated/α-hetero) is 1. The molecule has 0 spiro atoms. The third-order valence-corrected chi connectivity index (χ3v) is 4.45. The minimum Gasteiger partial charge on any atom is -0.496 e. The summed E-state index contributed by atoms with van der Waals surface area (Å²) in [5.74, 6) is -1.21. The van der Waals surface area contributed by atoms with E-state index in [-0.39, 0.29) is 12.0 Å². The number of halogens is 2. The van der Waals surface area contributed by atoms with Gasteiger partial charge >= 0.3 is 0 Å². The van der Waals surface area contributed by atoms with Crippen LogP contribution in [0.25, 0.3) is 5.57 Å². The summed E-state index contributed by atoms with van der Waals surface area (Å²) < 4.78 is 20.5. The van der Waals surface area contributed by atoms with Crippen LogP contribution in [0.4, 0.5) is 4.39 Å². The summed E-state index contributed by atoms with van der Waals surface area (Å²) in [6.07, 6.45) is 2.53. The fourth-order valence-electron chi connectivity index (χ4n) is 2.73. The Morgan fingerprint density at radius 1 is 1.35 bits per heavy atom. The van der Waals surface area contributed by atoms with Crippen LogP contribution in [0.15, 0.2) is 29.9 Å². The summed E-state index contributed by atoms with van der Waals surface area (Å²) in [7, 11) is 1.49. The van der Waals surface area contributed by atoms with E-state index in [1.54, 1.807) is 25.1 Å². The van der Waals surface area contributed by atoms with Crippen LogP contribution >= 0.6 is 11.6 Å². The molecule has 1 unspecified atom stereocenters. The van der Waals surface area contributed by atoms with Gasteiger partial charge in [-0.3, -0.25) is 9.59 Å². The number of ketones is 1. The average molecular weight is 338 g/mol. The van der Waals surface area contributed by atoms with Gasteiger partial charge in [-0.25, -0.2) is 4.39 Å². The predicted molar refractivity (Wildman–Crippen MR) is 87.1 cm³/mol. The van der Waals surface area contributed by atoms with Gasteiger partial charge in [0, 0.05) is 17.0 Å². The topological polar surface area (TPSA) is 69.4 Å². The van der Waals surface area contributed by atoms with E-state index < -0.39 is 17.4 Å². The molecule has 0 saturated carbocycles. The minimum absolute atomic E-state index is 0.297. The van der Waals surface area contributed by atoms with Crippen molar-refractivity contribution in [1.82, 2.24) is 0 Å². The molecule has 2 rings (SSSR count). The van der Waals surface area contributed by atoms with Gasteiger partial charge in [0.25, 0.3) is 0 Å². The number of hydrogen-bond acceptors (Lipinski definition) is 3. The minimum atomic E-state index is -2.45. The Labute approximate surface area is 138 Å². The zero-order valence-corrected chi connectivity index (χ0v) is 13.8. The van der Waals surface area contributed by atoms with Crippen LogP contribution in [0.2, 0.25) is 5.02 Å². The number of allylic oxidation sites excluding steroid dienone is 3. The Hall–Kier alpha value is -2.14. The number of primary amides is 1. The molecule has 0 radical (unpaired) electrons. The maximum absolute atomic E-state index is 15.2. The largest absolute Gasteiger partial charge is 0.496 e. The Morgan fingerprint density at radius 2 is 2.00 bits per heavy atom. The lowest BCUT2D eigenvalue weighted by molar-refractivity contribution is -0.128. The Bertz CT molecular complexity index is 754. The quantitative estimate of drug-likeness (QED) is 0.917. The molecule has 1 aromatic carbocycles. The van der Waals surface area contributed by atoms with Crippen molar-refractivity contribution in [3.05, 3.63) is 46.0 Å². The number of carbonyl (C=O) groups excluding carboxylic acids is 2. The first kappa shape index (κ1) is 17.2. The smallest absolute Gasteiger partial charge is 0.248 e. The SMILES string of the molecule is COc1ccc(Cl)c(C)c1C1=CC=C(C(N)=O)C(F)(C(C)=O)C1. The fraction of sp³-hybridized carbons (Fsp3) is 0.294. The van der Waals surface area contributed by atoms with E-state index in [1.807, 2.05) is 0 Å². The molecule has 0 aromatic heterocycles. The van der Waals surface area contributed by atoms with Crippen LogP contribution in [0, 0.1) is 6.92 Å². The molecular formula is C17H17ClFNO3. The van der Waals surface area contributed by atoms with Gasteiger partial charge in [-0.2, -0.15) is 0 Å². The molecule has 6 heteroatoms. The molecule has 1 amide bonds. The number of methoxy groups -OCH3 is 1. The number of amides is 1. The maximum atomic E-state index is 15.2. The van der Waals surface area contributed by atoms with Gasteiger partial charge in [0.15, 0.2) is 5.78 Å². The highest BCUT2D eigenvalue weighted by Gasteiger charge is 2.45. The van der Waals surface area contributed by atoms with Crippen molar-refractivity contribution in [1.29, 1.82) is 0 Å². The number of ether oxygens (including phenoxy) is 1. The van der Waals surface area contributed by atoms with Crippen molar-refractivity contribution in [3.63, 3.8) is 0 Å². The molecule has 0 fully saturated rings. The lowest BCUT2D eigenvalue weighted by Gasteiger charge is -2.29. The van der Waals surface area contributed by atoms with E-state index in [4.69, 9.17) is 22.1 Å². The van der Waals surface area contributed by atoms with E-state index >= 15 is 4.39 Å². The first-order chi connectivity index (χ1) is 10.7. The van der Waals surface area contributed by atoms with Crippen LogP contribution in [0.5, 0.6) is 5.75 Å². The van der Waals surface area contributed by atoms with Gasteiger partial charge in [0.05, 0.1) is 12.7 Å². The Kier molecular flexibility index (Phi) is 4.61. The number of alkyl halides is 1. The van der Waals surface area contributed by atoms with Crippen LogP contribution in [-0.4, -0.2) is 24.5 Å². The van der Waals surface area contributed by atoms with E-state index in [1.165, 1.54) is 13.2 Å². The second kappa shape index (κ2) is 6.16. The van der Waals surface area contributed by atoms with Gasteiger partial charge in [0.1, 0.15) is 5.75 Å². The van der Waals surface area contributed by atoms with E-state index in [0.29, 0.717) is 27.5 Å². The first-order valence-corrected chi connectivity index (χ1v) is 7.34. The molecule has 1 atom stereocenters. The summed E-state index contributed by atoms with van der Waals surface area (Å²) in [5, 5.41) is 0.499. The number of rotatable bonds is 4. The van der Waals surface area contributed by atoms with Crippen molar-refractivity contribution >= 4 is 28.9 Å². The van der Waals surface area contributed by atoms with Gasteiger partial charge in [-0.15, -0.1) is 0 Å². The second-order valence-corrected chi connectivity index (χ2v) is 5.83. The number of benzene rings is 1. The highest BCUT2D eigenvalue weighted by atomic mass is 35.5. The molecule has 23 heavy (non-hydrogen) atoms. The molecule has 0 saturated heterocycles. The highest BCUT2D eigenvalue weighted by Crippen LogP contribution is 2.43. The maximum Gasteiger partial charge on any atom is 0.248 e. The van der Waals surface area contributed by atoms with Crippen LogP contribution in [0.1, 0.15) is 24.5 Å². The lowest BCUT2D eigenvalue weighted by Crippen LogP contribution is -2.41. The normalized spacial score (nSPS) is 20.6. The van der Waals surface area contributed by atoms with E-state index in [0.717, 1.165) is 6.92 Å². The molecule has 2 N–H and O–H groups in total. The van der Waals surface area contributed by atoms with Crippen molar-refractivity contribution in [2.45, 2.75) is 25.9 Å². The molecule has 0 bridgehead atoms.